The number of nitrogens with two attached hydrogens (primary N) is 1. The van der Waals surface area contributed by atoms with Gasteiger partial charge in [-0.05, 0) is 31.5 Å². The molecule has 6 heteroatoms. The van der Waals surface area contributed by atoms with Crippen molar-refractivity contribution in [3.05, 3.63) is 41.0 Å². The largest absolute Gasteiger partial charge is 0.484 e. The van der Waals surface area contributed by atoms with E-state index in [0.717, 1.165) is 5.56 Å². The van der Waals surface area contributed by atoms with Gasteiger partial charge in [0.1, 0.15) is 18.0 Å². The molecule has 1 unspecified atom stereocenters. The van der Waals surface area contributed by atoms with Crippen LogP contribution in [-0.2, 0) is 6.61 Å². The highest BCUT2D eigenvalue weighted by atomic mass is 19.1. The summed E-state index contributed by atoms with van der Waals surface area (Å²) in [5, 5.41) is 7.26. The van der Waals surface area contributed by atoms with Gasteiger partial charge in [0.2, 0.25) is 0 Å². The second-order valence-corrected chi connectivity index (χ2v) is 4.06. The molecule has 0 amide bonds. The van der Waals surface area contributed by atoms with E-state index in [0.29, 0.717) is 11.4 Å². The van der Waals surface area contributed by atoms with Crippen molar-refractivity contribution in [2.24, 2.45) is 5.73 Å². The highest BCUT2D eigenvalue weighted by Gasteiger charge is 2.10. The van der Waals surface area contributed by atoms with E-state index in [9.17, 15) is 4.39 Å². The lowest BCUT2D eigenvalue weighted by Crippen LogP contribution is -2.06. The molecule has 0 fully saturated rings. The Labute approximate surface area is 104 Å². The molecular formula is C12H14FN3O2. The molecule has 0 bridgehead atoms. The molecule has 0 saturated heterocycles. The van der Waals surface area contributed by atoms with E-state index in [1.54, 1.807) is 26.0 Å². The molecule has 2 N–H and O–H groups in total. The lowest BCUT2D eigenvalue weighted by Gasteiger charge is -2.09. The zero-order valence-corrected chi connectivity index (χ0v) is 10.2. The van der Waals surface area contributed by atoms with Crippen LogP contribution in [0, 0.1) is 12.7 Å². The second-order valence-electron chi connectivity index (χ2n) is 4.06. The summed E-state index contributed by atoms with van der Waals surface area (Å²) < 4.78 is 23.5. The Kier molecular flexibility index (Phi) is 3.57. The van der Waals surface area contributed by atoms with Crippen molar-refractivity contribution in [2.45, 2.75) is 26.5 Å². The van der Waals surface area contributed by atoms with Crippen LogP contribution in [0.25, 0.3) is 0 Å². The summed E-state index contributed by atoms with van der Waals surface area (Å²) in [6, 6.07) is 4.44. The summed E-state index contributed by atoms with van der Waals surface area (Å²) in [5.74, 6) is -0.291. The summed E-state index contributed by atoms with van der Waals surface area (Å²) in [6.07, 6.45) is 0. The summed E-state index contributed by atoms with van der Waals surface area (Å²) >= 11 is 0. The van der Waals surface area contributed by atoms with Gasteiger partial charge in [-0.1, -0.05) is 16.4 Å². The van der Waals surface area contributed by atoms with Gasteiger partial charge >= 0.3 is 0 Å². The van der Waals surface area contributed by atoms with E-state index < -0.39 is 5.82 Å². The Bertz CT molecular complexity index is 540. The molecule has 0 aliphatic rings. The van der Waals surface area contributed by atoms with Gasteiger partial charge in [-0.25, -0.2) is 9.02 Å². The van der Waals surface area contributed by atoms with Crippen LogP contribution in [0.1, 0.15) is 29.9 Å². The maximum absolute atomic E-state index is 13.7. The molecule has 2 aromatic rings. The maximum Gasteiger partial charge on any atom is 0.165 e. The number of rotatable bonds is 4. The van der Waals surface area contributed by atoms with Crippen LogP contribution in [0.4, 0.5) is 4.39 Å². The van der Waals surface area contributed by atoms with Gasteiger partial charge in [-0.3, -0.25) is 0 Å². The number of hydrogen-bond donors (Lipinski definition) is 1. The normalized spacial score (nSPS) is 12.4. The molecule has 18 heavy (non-hydrogen) atoms. The lowest BCUT2D eigenvalue weighted by molar-refractivity contribution is 0.262. The minimum absolute atomic E-state index is 0.115. The Morgan fingerprint density at radius 2 is 2.22 bits per heavy atom. The molecule has 0 aliphatic heterocycles. The summed E-state index contributed by atoms with van der Waals surface area (Å²) in [4.78, 5) is 0. The Morgan fingerprint density at radius 3 is 2.78 bits per heavy atom. The van der Waals surface area contributed by atoms with Gasteiger partial charge < -0.3 is 10.5 Å². The number of benzene rings is 1. The van der Waals surface area contributed by atoms with E-state index in [-0.39, 0.29) is 18.4 Å². The standard InChI is InChI=1S/C12H14FN3O2/c1-7(14)9-3-4-12(10(13)5-9)17-6-11-8(2)15-18-16-11/h3-5,7H,6,14H2,1-2H3. The average molecular weight is 251 g/mol. The number of ether oxygens (including phenoxy) is 1. The van der Waals surface area contributed by atoms with Crippen LogP contribution in [0.15, 0.2) is 22.8 Å². The molecule has 96 valence electrons. The van der Waals surface area contributed by atoms with Gasteiger partial charge in [0.15, 0.2) is 11.6 Å². The zero-order valence-electron chi connectivity index (χ0n) is 10.2. The Morgan fingerprint density at radius 1 is 1.44 bits per heavy atom. The van der Waals surface area contributed by atoms with Gasteiger partial charge in [-0.15, -0.1) is 0 Å². The predicted molar refractivity (Wildman–Crippen MR) is 62.4 cm³/mol. The molecule has 1 aromatic heterocycles. The van der Waals surface area contributed by atoms with E-state index in [4.69, 9.17) is 10.5 Å². The second kappa shape index (κ2) is 5.14. The van der Waals surface area contributed by atoms with Crippen molar-refractivity contribution < 1.29 is 13.8 Å². The van der Waals surface area contributed by atoms with Crippen molar-refractivity contribution in [3.63, 3.8) is 0 Å². The number of halogens is 1. The van der Waals surface area contributed by atoms with Crippen molar-refractivity contribution >= 4 is 0 Å². The summed E-state index contributed by atoms with van der Waals surface area (Å²) in [7, 11) is 0. The minimum atomic E-state index is -0.445. The molecule has 0 saturated carbocycles. The van der Waals surface area contributed by atoms with Crippen molar-refractivity contribution in [3.8, 4) is 5.75 Å². The van der Waals surface area contributed by atoms with Gasteiger partial charge in [-0.2, -0.15) is 0 Å². The van der Waals surface area contributed by atoms with E-state index >= 15 is 0 Å². The van der Waals surface area contributed by atoms with Crippen LogP contribution in [-0.4, -0.2) is 10.3 Å². The number of aryl methyl sites for hydroxylation is 1. The van der Waals surface area contributed by atoms with E-state index in [1.807, 2.05) is 0 Å². The Hall–Kier alpha value is -1.95. The third-order valence-corrected chi connectivity index (χ3v) is 2.59. The van der Waals surface area contributed by atoms with E-state index in [1.165, 1.54) is 6.07 Å². The fourth-order valence-corrected chi connectivity index (χ4v) is 1.44. The van der Waals surface area contributed by atoms with Crippen LogP contribution in [0.5, 0.6) is 5.75 Å². The smallest absolute Gasteiger partial charge is 0.165 e. The number of aromatic nitrogens is 2. The number of hydrogen-bond acceptors (Lipinski definition) is 5. The third-order valence-electron chi connectivity index (χ3n) is 2.59. The van der Waals surface area contributed by atoms with Crippen molar-refractivity contribution in [1.29, 1.82) is 0 Å². The van der Waals surface area contributed by atoms with Gasteiger partial charge in [0.05, 0.1) is 0 Å². The van der Waals surface area contributed by atoms with Gasteiger partial charge in [0.25, 0.3) is 0 Å². The number of nitrogens with zero attached hydrogens (tertiary/aromatic N) is 2. The molecular weight excluding hydrogens is 237 g/mol. The Balaban J connectivity index is 2.08. The molecule has 0 aliphatic carbocycles. The minimum Gasteiger partial charge on any atom is -0.484 e. The van der Waals surface area contributed by atoms with E-state index in [2.05, 4.69) is 14.9 Å². The molecule has 0 spiro atoms. The monoisotopic (exact) mass is 251 g/mol. The first kappa shape index (κ1) is 12.5. The summed E-state index contributed by atoms with van der Waals surface area (Å²) in [5.41, 5.74) is 7.56. The molecule has 2 rings (SSSR count). The maximum atomic E-state index is 13.7. The van der Waals surface area contributed by atoms with Crippen molar-refractivity contribution in [2.75, 3.05) is 0 Å². The van der Waals surface area contributed by atoms with Crippen LogP contribution < -0.4 is 10.5 Å². The molecule has 5 nitrogen and oxygen atoms in total. The fourth-order valence-electron chi connectivity index (χ4n) is 1.44. The SMILES string of the molecule is Cc1nonc1COc1ccc(C(C)N)cc1F. The first-order valence-electron chi connectivity index (χ1n) is 5.54. The van der Waals surface area contributed by atoms with Crippen LogP contribution >= 0.6 is 0 Å². The average Bonchev–Trinajstić information content (AvgIpc) is 2.73. The van der Waals surface area contributed by atoms with Crippen molar-refractivity contribution in [1.82, 2.24) is 10.3 Å². The topological polar surface area (TPSA) is 74.2 Å². The molecule has 0 radical (unpaired) electrons. The third kappa shape index (κ3) is 2.65. The first-order chi connectivity index (χ1) is 8.58. The quantitative estimate of drug-likeness (QED) is 0.900. The lowest BCUT2D eigenvalue weighted by atomic mass is 10.1. The van der Waals surface area contributed by atoms with Gasteiger partial charge in [0, 0.05) is 6.04 Å². The highest BCUT2D eigenvalue weighted by molar-refractivity contribution is 5.30. The molecule has 1 aromatic carbocycles. The van der Waals surface area contributed by atoms with Crippen LogP contribution in [0.2, 0.25) is 0 Å². The zero-order chi connectivity index (χ0) is 13.1. The molecule has 1 heterocycles. The first-order valence-corrected chi connectivity index (χ1v) is 5.54. The fraction of sp³-hybridized carbons (Fsp3) is 0.333. The van der Waals surface area contributed by atoms with Crippen LogP contribution in [0.3, 0.4) is 0 Å². The summed E-state index contributed by atoms with van der Waals surface area (Å²) in [6.45, 7) is 3.65. The highest BCUT2D eigenvalue weighted by Crippen LogP contribution is 2.22. The predicted octanol–water partition coefficient (Wildman–Crippen LogP) is 2.12. The molecule has 1 atom stereocenters.